The van der Waals surface area contributed by atoms with Gasteiger partial charge in [0, 0.05) is 18.9 Å². The molecule has 0 unspecified atom stereocenters. The number of ether oxygens (including phenoxy) is 1. The SMILES string of the molecule is CCOCc1cccc(CC/C=C/[C@H]2CCC(=O)[C@@H]2CCc2ccc(C(=O)O)cc2)c1. The molecular weight excluding hydrogens is 388 g/mol. The van der Waals surface area contributed by atoms with E-state index in [9.17, 15) is 9.59 Å². The number of carbonyl (C=O) groups is 2. The number of hydrogen-bond donors (Lipinski definition) is 1. The monoisotopic (exact) mass is 420 g/mol. The zero-order chi connectivity index (χ0) is 22.1. The van der Waals surface area contributed by atoms with Gasteiger partial charge in [-0.1, -0.05) is 48.6 Å². The van der Waals surface area contributed by atoms with Crippen molar-refractivity contribution < 1.29 is 19.4 Å². The molecule has 164 valence electrons. The van der Waals surface area contributed by atoms with Gasteiger partial charge in [-0.25, -0.2) is 4.79 Å². The zero-order valence-electron chi connectivity index (χ0n) is 18.3. The van der Waals surface area contributed by atoms with Gasteiger partial charge in [-0.15, -0.1) is 0 Å². The Morgan fingerprint density at radius 1 is 1.10 bits per heavy atom. The van der Waals surface area contributed by atoms with Crippen LogP contribution in [0.2, 0.25) is 0 Å². The zero-order valence-corrected chi connectivity index (χ0v) is 18.3. The molecule has 0 radical (unpaired) electrons. The maximum absolute atomic E-state index is 12.4. The van der Waals surface area contributed by atoms with Crippen LogP contribution < -0.4 is 0 Å². The molecule has 0 aromatic heterocycles. The summed E-state index contributed by atoms with van der Waals surface area (Å²) in [6, 6.07) is 15.5. The van der Waals surface area contributed by atoms with E-state index < -0.39 is 5.97 Å². The first-order chi connectivity index (χ1) is 15.1. The molecule has 0 spiro atoms. The number of ketones is 1. The molecule has 0 bridgehead atoms. The molecule has 3 rings (SSSR count). The molecule has 2 aromatic rings. The standard InChI is InChI=1S/C27H32O4/c1-2-31-19-22-8-5-7-21(18-22)6-3-4-9-23-15-17-26(28)25(23)16-12-20-10-13-24(14-11-20)27(29)30/h4-5,7-11,13-14,18,23,25H,2-3,6,12,15-17,19H2,1H3,(H,29,30)/b9-4+/t23-,25+/m0/s1. The van der Waals surface area contributed by atoms with Gasteiger partial charge in [0.1, 0.15) is 5.78 Å². The van der Waals surface area contributed by atoms with Crippen molar-refractivity contribution >= 4 is 11.8 Å². The number of aromatic carboxylic acids is 1. The molecule has 0 saturated heterocycles. The van der Waals surface area contributed by atoms with E-state index in [0.29, 0.717) is 30.3 Å². The van der Waals surface area contributed by atoms with Gasteiger partial charge in [0.2, 0.25) is 0 Å². The Morgan fingerprint density at radius 2 is 1.87 bits per heavy atom. The Balaban J connectivity index is 1.49. The van der Waals surface area contributed by atoms with Crippen LogP contribution in [-0.4, -0.2) is 23.5 Å². The van der Waals surface area contributed by atoms with Gasteiger partial charge >= 0.3 is 5.97 Å². The van der Waals surface area contributed by atoms with Gasteiger partial charge in [-0.05, 0) is 73.8 Å². The minimum Gasteiger partial charge on any atom is -0.478 e. The third-order valence-corrected chi connectivity index (χ3v) is 6.05. The van der Waals surface area contributed by atoms with Crippen LogP contribution in [0.25, 0.3) is 0 Å². The lowest BCUT2D eigenvalue weighted by atomic mass is 9.89. The number of hydrogen-bond acceptors (Lipinski definition) is 3. The predicted molar refractivity (Wildman–Crippen MR) is 122 cm³/mol. The molecule has 31 heavy (non-hydrogen) atoms. The number of allylic oxidation sites excluding steroid dienone is 2. The molecule has 1 aliphatic carbocycles. The van der Waals surface area contributed by atoms with Crippen LogP contribution in [0.1, 0.15) is 59.7 Å². The van der Waals surface area contributed by atoms with Gasteiger partial charge in [0.05, 0.1) is 12.2 Å². The van der Waals surface area contributed by atoms with Crippen molar-refractivity contribution in [1.82, 2.24) is 0 Å². The second kappa shape index (κ2) is 11.6. The first kappa shape index (κ1) is 23.0. The molecule has 1 saturated carbocycles. The summed E-state index contributed by atoms with van der Waals surface area (Å²) >= 11 is 0. The molecule has 2 aromatic carbocycles. The Morgan fingerprint density at radius 3 is 2.61 bits per heavy atom. The fourth-order valence-electron chi connectivity index (χ4n) is 4.29. The molecule has 0 amide bonds. The molecule has 0 aliphatic heterocycles. The average molecular weight is 421 g/mol. The van der Waals surface area contributed by atoms with E-state index in [1.54, 1.807) is 12.1 Å². The second-order valence-electron chi connectivity index (χ2n) is 8.24. The number of benzene rings is 2. The minimum atomic E-state index is -0.913. The highest BCUT2D eigenvalue weighted by molar-refractivity contribution is 5.87. The van der Waals surface area contributed by atoms with Gasteiger partial charge in [-0.3, -0.25) is 4.79 Å². The molecular formula is C27H32O4. The summed E-state index contributed by atoms with van der Waals surface area (Å²) in [7, 11) is 0. The number of rotatable bonds is 11. The van der Waals surface area contributed by atoms with E-state index in [4.69, 9.17) is 9.84 Å². The fraction of sp³-hybridized carbons (Fsp3) is 0.407. The fourth-order valence-corrected chi connectivity index (χ4v) is 4.29. The summed E-state index contributed by atoms with van der Waals surface area (Å²) in [5.74, 6) is -0.163. The van der Waals surface area contributed by atoms with Gasteiger partial charge < -0.3 is 9.84 Å². The van der Waals surface area contributed by atoms with Crippen molar-refractivity contribution in [3.63, 3.8) is 0 Å². The Kier molecular flexibility index (Phi) is 8.60. The number of carboxylic acid groups (broad SMARTS) is 1. The van der Waals surface area contributed by atoms with E-state index >= 15 is 0 Å². The van der Waals surface area contributed by atoms with E-state index in [0.717, 1.165) is 44.3 Å². The van der Waals surface area contributed by atoms with Crippen molar-refractivity contribution in [2.75, 3.05) is 6.61 Å². The number of Topliss-reactive ketones (excluding diaryl/α,β-unsaturated/α-hetero) is 1. The molecule has 0 heterocycles. The van der Waals surface area contributed by atoms with Crippen LogP contribution in [0.4, 0.5) is 0 Å². The van der Waals surface area contributed by atoms with Gasteiger partial charge in [-0.2, -0.15) is 0 Å². The summed E-state index contributed by atoms with van der Waals surface area (Å²) in [4.78, 5) is 23.4. The highest BCUT2D eigenvalue weighted by Crippen LogP contribution is 2.33. The van der Waals surface area contributed by atoms with Crippen LogP contribution in [-0.2, 0) is 29.0 Å². The van der Waals surface area contributed by atoms with Crippen LogP contribution in [0.15, 0.2) is 60.7 Å². The van der Waals surface area contributed by atoms with E-state index in [-0.39, 0.29) is 5.92 Å². The lowest BCUT2D eigenvalue weighted by Crippen LogP contribution is -2.14. The quantitative estimate of drug-likeness (QED) is 0.478. The molecule has 2 atom stereocenters. The van der Waals surface area contributed by atoms with Crippen molar-refractivity contribution in [1.29, 1.82) is 0 Å². The average Bonchev–Trinajstić information content (AvgIpc) is 3.13. The highest BCUT2D eigenvalue weighted by Gasteiger charge is 2.32. The molecule has 1 N–H and O–H groups in total. The third kappa shape index (κ3) is 6.90. The first-order valence-corrected chi connectivity index (χ1v) is 11.2. The largest absolute Gasteiger partial charge is 0.478 e. The molecule has 1 aliphatic rings. The van der Waals surface area contributed by atoms with Gasteiger partial charge in [0.15, 0.2) is 0 Å². The van der Waals surface area contributed by atoms with E-state index in [1.165, 1.54) is 11.1 Å². The summed E-state index contributed by atoms with van der Waals surface area (Å²) in [5.41, 5.74) is 3.90. The summed E-state index contributed by atoms with van der Waals surface area (Å²) in [6.07, 6.45) is 9.63. The van der Waals surface area contributed by atoms with E-state index in [1.807, 2.05) is 19.1 Å². The summed E-state index contributed by atoms with van der Waals surface area (Å²) < 4.78 is 5.49. The maximum Gasteiger partial charge on any atom is 0.335 e. The lowest BCUT2D eigenvalue weighted by Gasteiger charge is -2.15. The Labute approximate surface area is 184 Å². The topological polar surface area (TPSA) is 63.6 Å². The normalized spacial score (nSPS) is 18.7. The Bertz CT molecular complexity index is 898. The van der Waals surface area contributed by atoms with Crippen molar-refractivity contribution in [2.45, 2.75) is 52.1 Å². The molecule has 1 fully saturated rings. The Hall–Kier alpha value is -2.72. The summed E-state index contributed by atoms with van der Waals surface area (Å²) in [6.45, 7) is 3.39. The lowest BCUT2D eigenvalue weighted by molar-refractivity contribution is -0.121. The highest BCUT2D eigenvalue weighted by atomic mass is 16.5. The van der Waals surface area contributed by atoms with Crippen molar-refractivity contribution in [2.24, 2.45) is 11.8 Å². The minimum absolute atomic E-state index is 0.0740. The smallest absolute Gasteiger partial charge is 0.335 e. The number of carboxylic acids is 1. The summed E-state index contributed by atoms with van der Waals surface area (Å²) in [5, 5.41) is 9.01. The molecule has 4 nitrogen and oxygen atoms in total. The predicted octanol–water partition coefficient (Wildman–Crippen LogP) is 5.64. The second-order valence-corrected chi connectivity index (χ2v) is 8.24. The number of aryl methyl sites for hydroxylation is 2. The van der Waals surface area contributed by atoms with Crippen molar-refractivity contribution in [3.05, 3.63) is 82.9 Å². The first-order valence-electron chi connectivity index (χ1n) is 11.2. The van der Waals surface area contributed by atoms with Crippen molar-refractivity contribution in [3.8, 4) is 0 Å². The molecule has 4 heteroatoms. The van der Waals surface area contributed by atoms with Crippen LogP contribution in [0.5, 0.6) is 0 Å². The van der Waals surface area contributed by atoms with E-state index in [2.05, 4.69) is 36.4 Å². The third-order valence-electron chi connectivity index (χ3n) is 6.05. The maximum atomic E-state index is 12.4. The van der Waals surface area contributed by atoms with Crippen LogP contribution in [0.3, 0.4) is 0 Å². The van der Waals surface area contributed by atoms with Gasteiger partial charge in [0.25, 0.3) is 0 Å². The van der Waals surface area contributed by atoms with Crippen LogP contribution in [0, 0.1) is 11.8 Å². The van der Waals surface area contributed by atoms with Crippen LogP contribution >= 0.6 is 0 Å². The number of carbonyl (C=O) groups excluding carboxylic acids is 1.